The molecular formula is C30H45F5O14. The normalized spacial score (nSPS) is 11.3. The lowest BCUT2D eigenvalue weighted by molar-refractivity contribution is -0.146. The van der Waals surface area contributed by atoms with Crippen molar-refractivity contribution in [2.24, 2.45) is 0 Å². The van der Waals surface area contributed by atoms with Gasteiger partial charge in [0.15, 0.2) is 0 Å². The van der Waals surface area contributed by atoms with Gasteiger partial charge < -0.3 is 56.8 Å². The van der Waals surface area contributed by atoms with Crippen molar-refractivity contribution in [2.45, 2.75) is 6.42 Å². The van der Waals surface area contributed by atoms with E-state index in [0.29, 0.717) is 99.1 Å². The van der Waals surface area contributed by atoms with Gasteiger partial charge in [-0.2, -0.15) is 8.78 Å². The number of rotatable bonds is 33. The van der Waals surface area contributed by atoms with E-state index in [0.717, 1.165) is 0 Å². The van der Waals surface area contributed by atoms with E-state index in [1.165, 1.54) is 7.11 Å². The molecule has 0 aliphatic heterocycles. The molecule has 0 amide bonds. The smallest absolute Gasteiger partial charge is 0.331 e. The zero-order chi connectivity index (χ0) is 36.0. The molecular weight excluding hydrogens is 679 g/mol. The molecule has 49 heavy (non-hydrogen) atoms. The second-order valence-corrected chi connectivity index (χ2v) is 9.26. The highest BCUT2D eigenvalue weighted by molar-refractivity contribution is 5.72. The minimum atomic E-state index is -2.35. The quantitative estimate of drug-likeness (QED) is 0.0260. The Bertz CT molecular complexity index is 995. The fourth-order valence-corrected chi connectivity index (χ4v) is 3.19. The molecule has 0 N–H and O–H groups in total. The Morgan fingerprint density at radius 2 is 0.653 bits per heavy atom. The van der Waals surface area contributed by atoms with Gasteiger partial charge in [-0.05, 0) is 0 Å². The molecule has 0 bridgehead atoms. The first-order valence-corrected chi connectivity index (χ1v) is 15.4. The van der Waals surface area contributed by atoms with Gasteiger partial charge in [0.05, 0.1) is 139 Å². The molecule has 0 fully saturated rings. The summed E-state index contributed by atoms with van der Waals surface area (Å²) >= 11 is 0. The summed E-state index contributed by atoms with van der Waals surface area (Å²) in [5, 5.41) is 0. The van der Waals surface area contributed by atoms with Crippen molar-refractivity contribution >= 4 is 11.9 Å². The molecule has 1 aromatic rings. The van der Waals surface area contributed by atoms with Crippen LogP contribution in [0.25, 0.3) is 0 Å². The van der Waals surface area contributed by atoms with E-state index in [2.05, 4.69) is 9.47 Å². The van der Waals surface area contributed by atoms with Crippen LogP contribution in [0.4, 0.5) is 22.0 Å². The van der Waals surface area contributed by atoms with Crippen molar-refractivity contribution in [2.75, 3.05) is 139 Å². The average molecular weight is 725 g/mol. The first-order valence-electron chi connectivity index (χ1n) is 15.4. The maximum atomic E-state index is 13.5. The Morgan fingerprint density at radius 3 is 0.959 bits per heavy atom. The van der Waals surface area contributed by atoms with Crippen molar-refractivity contribution in [3.8, 4) is 5.75 Å². The van der Waals surface area contributed by atoms with Gasteiger partial charge in [0.1, 0.15) is 6.61 Å². The van der Waals surface area contributed by atoms with Gasteiger partial charge in [-0.3, -0.25) is 4.79 Å². The first-order chi connectivity index (χ1) is 23.8. The summed E-state index contributed by atoms with van der Waals surface area (Å²) < 4.78 is 128. The minimum Gasteiger partial charge on any atom is -0.467 e. The first kappa shape index (κ1) is 44.4. The van der Waals surface area contributed by atoms with Crippen LogP contribution in [0.1, 0.15) is 6.42 Å². The zero-order valence-electron chi connectivity index (χ0n) is 27.5. The Hall–Kier alpha value is -2.59. The summed E-state index contributed by atoms with van der Waals surface area (Å²) in [5.74, 6) is -14.6. The van der Waals surface area contributed by atoms with Crippen LogP contribution in [0.2, 0.25) is 0 Å². The van der Waals surface area contributed by atoms with E-state index < -0.39 is 53.2 Å². The highest BCUT2D eigenvalue weighted by Gasteiger charge is 2.28. The third-order valence-electron chi connectivity index (χ3n) is 5.63. The van der Waals surface area contributed by atoms with Crippen molar-refractivity contribution < 1.29 is 88.4 Å². The van der Waals surface area contributed by atoms with Gasteiger partial charge in [-0.25, -0.2) is 18.0 Å². The molecule has 1 rings (SSSR count). The summed E-state index contributed by atoms with van der Waals surface area (Å²) in [7, 11) is 1.29. The van der Waals surface area contributed by atoms with Gasteiger partial charge in [-0.15, -0.1) is 0 Å². The van der Waals surface area contributed by atoms with Crippen LogP contribution >= 0.6 is 0 Å². The van der Waals surface area contributed by atoms with Crippen molar-refractivity contribution in [1.82, 2.24) is 0 Å². The maximum Gasteiger partial charge on any atom is 0.331 e. The van der Waals surface area contributed by atoms with E-state index in [1.807, 2.05) is 0 Å². The molecule has 0 aliphatic carbocycles. The number of ether oxygens (including phenoxy) is 12. The number of benzene rings is 1. The van der Waals surface area contributed by atoms with Crippen LogP contribution in [0, 0.1) is 29.1 Å². The van der Waals surface area contributed by atoms with E-state index in [1.54, 1.807) is 0 Å². The molecule has 0 aromatic heterocycles. The number of carbonyl (C=O) groups excluding carboxylic acids is 2. The van der Waals surface area contributed by atoms with E-state index >= 15 is 0 Å². The van der Waals surface area contributed by atoms with Crippen LogP contribution in [-0.4, -0.2) is 151 Å². The SMILES string of the molecule is COC(=O)COCCOCCOCCOCCOCCOCCOCCOCCOCCOCCC(=O)Oc1c(F)c(F)c(F)c(F)c1F. The molecule has 0 saturated carbocycles. The molecule has 0 unspecified atom stereocenters. The third kappa shape index (κ3) is 22.7. The predicted octanol–water partition coefficient (Wildman–Crippen LogP) is 2.02. The lowest BCUT2D eigenvalue weighted by atomic mass is 10.2. The van der Waals surface area contributed by atoms with Crippen LogP contribution in [0.5, 0.6) is 5.75 Å². The summed E-state index contributed by atoms with van der Waals surface area (Å²) in [4.78, 5) is 22.5. The standard InChI is InChI=1S/C30H45F5O14/c1-38-24(37)22-48-21-20-47-19-18-46-17-16-45-15-14-44-13-12-43-11-10-42-9-8-41-7-6-40-5-4-39-3-2-23(36)49-30-28(34)26(32)25(31)27(33)29(30)35/h2-22H2,1H3. The van der Waals surface area contributed by atoms with Crippen molar-refractivity contribution in [1.29, 1.82) is 0 Å². The van der Waals surface area contributed by atoms with Gasteiger partial charge >= 0.3 is 11.9 Å². The summed E-state index contributed by atoms with van der Waals surface area (Å²) in [6, 6.07) is 0. The molecule has 0 aliphatic rings. The van der Waals surface area contributed by atoms with E-state index in [9.17, 15) is 31.5 Å². The third-order valence-corrected chi connectivity index (χ3v) is 5.63. The summed E-state index contributed by atoms with van der Waals surface area (Å²) in [5.41, 5.74) is 0. The number of hydrogen-bond acceptors (Lipinski definition) is 14. The maximum absolute atomic E-state index is 13.5. The second-order valence-electron chi connectivity index (χ2n) is 9.26. The van der Waals surface area contributed by atoms with Crippen molar-refractivity contribution in [3.05, 3.63) is 29.1 Å². The summed E-state index contributed by atoms with van der Waals surface area (Å²) in [6.07, 6.45) is -0.491. The van der Waals surface area contributed by atoms with Gasteiger partial charge in [0.25, 0.3) is 0 Å². The lowest BCUT2D eigenvalue weighted by Gasteiger charge is -2.09. The minimum absolute atomic E-state index is 0.0752. The number of halogens is 5. The Labute approximate surface area is 281 Å². The van der Waals surface area contributed by atoms with Gasteiger partial charge in [0, 0.05) is 0 Å². The number of hydrogen-bond donors (Lipinski definition) is 0. The average Bonchev–Trinajstić information content (AvgIpc) is 3.10. The Kier molecular flexibility index (Phi) is 27.4. The van der Waals surface area contributed by atoms with Crippen LogP contribution < -0.4 is 4.74 Å². The molecule has 0 spiro atoms. The molecule has 284 valence electrons. The van der Waals surface area contributed by atoms with E-state index in [-0.39, 0.29) is 33.0 Å². The van der Waals surface area contributed by atoms with Crippen LogP contribution in [0.15, 0.2) is 0 Å². The molecule has 19 heteroatoms. The Balaban J connectivity index is 1.76. The fraction of sp³-hybridized carbons (Fsp3) is 0.733. The lowest BCUT2D eigenvalue weighted by Crippen LogP contribution is -2.16. The zero-order valence-corrected chi connectivity index (χ0v) is 27.5. The molecule has 0 radical (unpaired) electrons. The number of carbonyl (C=O) groups is 2. The molecule has 0 heterocycles. The number of methoxy groups -OCH3 is 1. The largest absolute Gasteiger partial charge is 0.467 e. The molecule has 0 saturated heterocycles. The highest BCUT2D eigenvalue weighted by atomic mass is 19.2. The highest BCUT2D eigenvalue weighted by Crippen LogP contribution is 2.29. The van der Waals surface area contributed by atoms with Gasteiger partial charge in [0.2, 0.25) is 34.8 Å². The Morgan fingerprint density at radius 1 is 0.388 bits per heavy atom. The monoisotopic (exact) mass is 724 g/mol. The predicted molar refractivity (Wildman–Crippen MR) is 157 cm³/mol. The van der Waals surface area contributed by atoms with Crippen LogP contribution in [0.3, 0.4) is 0 Å². The molecule has 0 atom stereocenters. The molecule has 14 nitrogen and oxygen atoms in total. The fourth-order valence-electron chi connectivity index (χ4n) is 3.19. The second kappa shape index (κ2) is 30.3. The van der Waals surface area contributed by atoms with Gasteiger partial charge in [-0.1, -0.05) is 0 Å². The summed E-state index contributed by atoms with van der Waals surface area (Å²) in [6.45, 7) is 6.05. The van der Waals surface area contributed by atoms with E-state index in [4.69, 9.17) is 47.4 Å². The number of esters is 2. The van der Waals surface area contributed by atoms with Crippen LogP contribution in [-0.2, 0) is 61.7 Å². The topological polar surface area (TPSA) is 145 Å². The molecule has 1 aromatic carbocycles. The van der Waals surface area contributed by atoms with Crippen molar-refractivity contribution in [3.63, 3.8) is 0 Å².